The van der Waals surface area contributed by atoms with Gasteiger partial charge < -0.3 is 10.1 Å². The van der Waals surface area contributed by atoms with Crippen LogP contribution in [0.15, 0.2) is 12.1 Å². The zero-order chi connectivity index (χ0) is 14.4. The summed E-state index contributed by atoms with van der Waals surface area (Å²) >= 11 is 0. The first-order valence-electron chi connectivity index (χ1n) is 6.74. The maximum absolute atomic E-state index is 9.05. The molecule has 0 saturated heterocycles. The summed E-state index contributed by atoms with van der Waals surface area (Å²) in [5, 5.41) is 12.4. The van der Waals surface area contributed by atoms with Gasteiger partial charge in [-0.3, -0.25) is 0 Å². The molecule has 0 radical (unpaired) electrons. The van der Waals surface area contributed by atoms with Gasteiger partial charge in [-0.1, -0.05) is 19.9 Å². The van der Waals surface area contributed by atoms with E-state index in [4.69, 9.17) is 10.00 Å². The number of methoxy groups -OCH3 is 1. The molecular formula is C16H24N2O. The predicted octanol–water partition coefficient (Wildman–Crippen LogP) is 3.20. The largest absolute Gasteiger partial charge is 0.496 e. The van der Waals surface area contributed by atoms with Gasteiger partial charge in [0.2, 0.25) is 0 Å². The smallest absolute Gasteiger partial charge is 0.122 e. The summed E-state index contributed by atoms with van der Waals surface area (Å²) in [5.41, 5.74) is 3.62. The maximum atomic E-state index is 9.05. The molecule has 1 aromatic rings. The van der Waals surface area contributed by atoms with Crippen molar-refractivity contribution in [1.29, 1.82) is 5.26 Å². The quantitative estimate of drug-likeness (QED) is 0.854. The Morgan fingerprint density at radius 3 is 2.47 bits per heavy atom. The lowest BCUT2D eigenvalue weighted by Crippen LogP contribution is -2.25. The molecule has 104 valence electrons. The second-order valence-corrected chi connectivity index (χ2v) is 5.36. The van der Waals surface area contributed by atoms with Gasteiger partial charge in [0.15, 0.2) is 0 Å². The third-order valence-electron chi connectivity index (χ3n) is 3.50. The van der Waals surface area contributed by atoms with Crippen molar-refractivity contribution in [2.75, 3.05) is 13.7 Å². The molecule has 1 rings (SSSR count). The Labute approximate surface area is 116 Å². The number of nitrogens with zero attached hydrogens (tertiary/aromatic N) is 1. The van der Waals surface area contributed by atoms with E-state index in [0.717, 1.165) is 24.4 Å². The molecular weight excluding hydrogens is 236 g/mol. The predicted molar refractivity (Wildman–Crippen MR) is 78.1 cm³/mol. The normalized spacial score (nSPS) is 12.3. The fraction of sp³-hybridized carbons (Fsp3) is 0.562. The molecule has 0 saturated carbocycles. The summed E-state index contributed by atoms with van der Waals surface area (Å²) in [6.07, 6.45) is 0. The average Bonchev–Trinajstić information content (AvgIpc) is 2.37. The Hall–Kier alpha value is -1.53. The molecule has 0 spiro atoms. The van der Waals surface area contributed by atoms with Crippen molar-refractivity contribution in [1.82, 2.24) is 5.32 Å². The standard InChI is InChI=1S/C16H24N2O/c1-11(2)15(8-17)10-18-9-14-6-13(4)16(19-5)7-12(14)3/h6-7,11,15,18H,9-10H2,1-5H3. The molecule has 1 unspecified atom stereocenters. The topological polar surface area (TPSA) is 45.0 Å². The fourth-order valence-electron chi connectivity index (χ4n) is 2.05. The summed E-state index contributed by atoms with van der Waals surface area (Å²) in [4.78, 5) is 0. The Kier molecular flexibility index (Phi) is 5.85. The third kappa shape index (κ3) is 4.25. The van der Waals surface area contributed by atoms with Crippen LogP contribution < -0.4 is 10.1 Å². The second-order valence-electron chi connectivity index (χ2n) is 5.36. The molecule has 1 aromatic carbocycles. The first kappa shape index (κ1) is 15.5. The second kappa shape index (κ2) is 7.16. The van der Waals surface area contributed by atoms with E-state index in [2.05, 4.69) is 44.3 Å². The minimum Gasteiger partial charge on any atom is -0.496 e. The number of nitrogens with one attached hydrogen (secondary N) is 1. The number of hydrogen-bond acceptors (Lipinski definition) is 3. The number of benzene rings is 1. The van der Waals surface area contributed by atoms with Gasteiger partial charge in [-0.05, 0) is 42.5 Å². The van der Waals surface area contributed by atoms with E-state index in [-0.39, 0.29) is 5.92 Å². The first-order valence-corrected chi connectivity index (χ1v) is 6.74. The maximum Gasteiger partial charge on any atom is 0.122 e. The number of aryl methyl sites for hydroxylation is 2. The van der Waals surface area contributed by atoms with Crippen molar-refractivity contribution in [3.05, 3.63) is 28.8 Å². The van der Waals surface area contributed by atoms with Crippen LogP contribution in [0.2, 0.25) is 0 Å². The highest BCUT2D eigenvalue weighted by atomic mass is 16.5. The molecule has 0 bridgehead atoms. The van der Waals surface area contributed by atoms with Crippen molar-refractivity contribution in [3.8, 4) is 11.8 Å². The highest BCUT2D eigenvalue weighted by molar-refractivity contribution is 5.41. The number of hydrogen-bond donors (Lipinski definition) is 1. The van der Waals surface area contributed by atoms with E-state index in [1.54, 1.807) is 7.11 Å². The highest BCUT2D eigenvalue weighted by Crippen LogP contribution is 2.22. The van der Waals surface area contributed by atoms with Crippen LogP contribution in [0.4, 0.5) is 0 Å². The molecule has 0 aliphatic heterocycles. The van der Waals surface area contributed by atoms with E-state index in [9.17, 15) is 0 Å². The Balaban J connectivity index is 2.64. The van der Waals surface area contributed by atoms with Crippen LogP contribution in [0.1, 0.15) is 30.5 Å². The van der Waals surface area contributed by atoms with E-state index >= 15 is 0 Å². The van der Waals surface area contributed by atoms with Crippen LogP contribution in [0.25, 0.3) is 0 Å². The van der Waals surface area contributed by atoms with Crippen LogP contribution in [0.3, 0.4) is 0 Å². The van der Waals surface area contributed by atoms with Gasteiger partial charge >= 0.3 is 0 Å². The van der Waals surface area contributed by atoms with Crippen LogP contribution >= 0.6 is 0 Å². The molecule has 0 heterocycles. The lowest BCUT2D eigenvalue weighted by Gasteiger charge is -2.15. The van der Waals surface area contributed by atoms with E-state index in [1.165, 1.54) is 11.1 Å². The molecule has 0 amide bonds. The SMILES string of the molecule is COc1cc(C)c(CNCC(C#N)C(C)C)cc1C. The average molecular weight is 260 g/mol. The van der Waals surface area contributed by atoms with Gasteiger partial charge in [0, 0.05) is 13.1 Å². The Bertz CT molecular complexity index is 461. The van der Waals surface area contributed by atoms with Crippen molar-refractivity contribution in [3.63, 3.8) is 0 Å². The van der Waals surface area contributed by atoms with Gasteiger partial charge in [-0.25, -0.2) is 0 Å². The molecule has 0 aromatic heterocycles. The molecule has 3 heteroatoms. The van der Waals surface area contributed by atoms with Crippen molar-refractivity contribution in [2.24, 2.45) is 11.8 Å². The summed E-state index contributed by atoms with van der Waals surface area (Å²) in [6, 6.07) is 6.57. The van der Waals surface area contributed by atoms with Crippen molar-refractivity contribution in [2.45, 2.75) is 34.2 Å². The van der Waals surface area contributed by atoms with Crippen LogP contribution in [0.5, 0.6) is 5.75 Å². The summed E-state index contributed by atoms with van der Waals surface area (Å²) < 4.78 is 5.31. The van der Waals surface area contributed by atoms with E-state index < -0.39 is 0 Å². The van der Waals surface area contributed by atoms with Gasteiger partial charge in [0.05, 0.1) is 19.1 Å². The lowest BCUT2D eigenvalue weighted by molar-refractivity contribution is 0.411. The molecule has 0 aliphatic rings. The zero-order valence-electron chi connectivity index (χ0n) is 12.6. The summed E-state index contributed by atoms with van der Waals surface area (Å²) in [5.74, 6) is 1.38. The van der Waals surface area contributed by atoms with Crippen LogP contribution in [-0.2, 0) is 6.54 Å². The van der Waals surface area contributed by atoms with E-state index in [0.29, 0.717) is 5.92 Å². The van der Waals surface area contributed by atoms with Crippen molar-refractivity contribution < 1.29 is 4.74 Å². The van der Waals surface area contributed by atoms with Gasteiger partial charge in [0.1, 0.15) is 5.75 Å². The van der Waals surface area contributed by atoms with E-state index in [1.807, 2.05) is 6.92 Å². The molecule has 0 fully saturated rings. The van der Waals surface area contributed by atoms with Gasteiger partial charge in [0.25, 0.3) is 0 Å². The highest BCUT2D eigenvalue weighted by Gasteiger charge is 2.12. The van der Waals surface area contributed by atoms with Crippen LogP contribution in [-0.4, -0.2) is 13.7 Å². The molecule has 0 aliphatic carbocycles. The number of rotatable bonds is 6. The Morgan fingerprint density at radius 1 is 1.26 bits per heavy atom. The number of ether oxygens (including phenoxy) is 1. The first-order chi connectivity index (χ1) is 8.99. The third-order valence-corrected chi connectivity index (χ3v) is 3.50. The fourth-order valence-corrected chi connectivity index (χ4v) is 2.05. The Morgan fingerprint density at radius 2 is 1.95 bits per heavy atom. The molecule has 1 atom stereocenters. The molecule has 3 nitrogen and oxygen atoms in total. The minimum absolute atomic E-state index is 0.0691. The molecule has 1 N–H and O–H groups in total. The number of nitriles is 1. The monoisotopic (exact) mass is 260 g/mol. The van der Waals surface area contributed by atoms with Crippen molar-refractivity contribution >= 4 is 0 Å². The van der Waals surface area contributed by atoms with Gasteiger partial charge in [-0.15, -0.1) is 0 Å². The summed E-state index contributed by atoms with van der Waals surface area (Å²) in [6.45, 7) is 9.83. The lowest BCUT2D eigenvalue weighted by atomic mass is 9.97. The summed E-state index contributed by atoms with van der Waals surface area (Å²) in [7, 11) is 1.69. The minimum atomic E-state index is 0.0691. The zero-order valence-corrected chi connectivity index (χ0v) is 12.6. The van der Waals surface area contributed by atoms with Gasteiger partial charge in [-0.2, -0.15) is 5.26 Å². The van der Waals surface area contributed by atoms with Crippen LogP contribution in [0, 0.1) is 37.0 Å². The molecule has 19 heavy (non-hydrogen) atoms.